The lowest BCUT2D eigenvalue weighted by molar-refractivity contribution is -0.110. The molecule has 0 atom stereocenters. The summed E-state index contributed by atoms with van der Waals surface area (Å²) in [7, 11) is 0. The molecule has 0 saturated carbocycles. The van der Waals surface area contributed by atoms with Crippen LogP contribution in [0.1, 0.15) is 26.2 Å². The number of alkyl halides is 7. The zero-order valence-corrected chi connectivity index (χ0v) is 8.42. The Morgan fingerprint density at radius 1 is 0.875 bits per heavy atom. The molecule has 0 radical (unpaired) electrons. The van der Waals surface area contributed by atoms with E-state index in [0.717, 1.165) is 6.92 Å². The van der Waals surface area contributed by atoms with Gasteiger partial charge in [-0.15, -0.1) is 0 Å². The van der Waals surface area contributed by atoms with Gasteiger partial charge in [0.1, 0.15) is 0 Å². The SMILES string of the molecule is CCC(F)(F)CC(F)(F)C/C=C/C(F)(F)F. The molecule has 0 aromatic heterocycles. The fraction of sp³-hybridized carbons (Fsp3) is 0.778. The van der Waals surface area contributed by atoms with Gasteiger partial charge in [0.05, 0.1) is 6.42 Å². The number of hydrogen-bond acceptors (Lipinski definition) is 0. The van der Waals surface area contributed by atoms with Crippen molar-refractivity contribution in [3.05, 3.63) is 12.2 Å². The Bertz CT molecular complexity index is 239. The molecule has 0 rings (SSSR count). The van der Waals surface area contributed by atoms with Crippen LogP contribution in [0.2, 0.25) is 0 Å². The van der Waals surface area contributed by atoms with Crippen LogP contribution in [-0.4, -0.2) is 18.0 Å². The van der Waals surface area contributed by atoms with E-state index in [0.29, 0.717) is 0 Å². The lowest BCUT2D eigenvalue weighted by Gasteiger charge is -2.20. The zero-order chi connectivity index (χ0) is 13.0. The molecule has 0 aliphatic heterocycles. The molecule has 0 unspecified atom stereocenters. The van der Waals surface area contributed by atoms with Gasteiger partial charge in [-0.1, -0.05) is 13.0 Å². The van der Waals surface area contributed by atoms with E-state index in [1.54, 1.807) is 0 Å². The van der Waals surface area contributed by atoms with E-state index in [1.165, 1.54) is 0 Å². The first-order valence-electron chi connectivity index (χ1n) is 4.47. The standard InChI is InChI=1S/C9H11F7/c1-2-7(10,11)6-8(12,13)4-3-5-9(14,15)16/h3,5H,2,4,6H2,1H3/b5-3+. The third kappa shape index (κ3) is 7.53. The van der Waals surface area contributed by atoms with E-state index in [2.05, 4.69) is 0 Å². The minimum Gasteiger partial charge on any atom is -0.207 e. The van der Waals surface area contributed by atoms with Gasteiger partial charge in [-0.2, -0.15) is 13.2 Å². The number of halogens is 7. The number of hydrogen-bond donors (Lipinski definition) is 0. The quantitative estimate of drug-likeness (QED) is 0.496. The summed E-state index contributed by atoms with van der Waals surface area (Å²) in [6.45, 7) is 1.03. The maximum Gasteiger partial charge on any atom is 0.409 e. The summed E-state index contributed by atoms with van der Waals surface area (Å²) >= 11 is 0. The van der Waals surface area contributed by atoms with Crippen molar-refractivity contribution in [2.45, 2.75) is 44.2 Å². The molecular weight excluding hydrogens is 241 g/mol. The molecule has 0 heterocycles. The molecular formula is C9H11F7. The largest absolute Gasteiger partial charge is 0.409 e. The van der Waals surface area contributed by atoms with Crippen molar-refractivity contribution < 1.29 is 30.7 Å². The van der Waals surface area contributed by atoms with Gasteiger partial charge in [0.25, 0.3) is 11.8 Å². The van der Waals surface area contributed by atoms with Crippen molar-refractivity contribution in [2.75, 3.05) is 0 Å². The highest BCUT2D eigenvalue weighted by Crippen LogP contribution is 2.35. The van der Waals surface area contributed by atoms with Crippen molar-refractivity contribution in [2.24, 2.45) is 0 Å². The topological polar surface area (TPSA) is 0 Å². The Hall–Kier alpha value is -0.750. The molecule has 0 saturated heterocycles. The van der Waals surface area contributed by atoms with Crippen molar-refractivity contribution in [3.8, 4) is 0 Å². The average Bonchev–Trinajstić information content (AvgIpc) is 1.99. The van der Waals surface area contributed by atoms with Gasteiger partial charge in [-0.3, -0.25) is 0 Å². The second-order valence-electron chi connectivity index (χ2n) is 3.39. The van der Waals surface area contributed by atoms with Crippen molar-refractivity contribution in [1.29, 1.82) is 0 Å². The van der Waals surface area contributed by atoms with E-state index in [9.17, 15) is 30.7 Å². The third-order valence-corrected chi connectivity index (χ3v) is 1.76. The lowest BCUT2D eigenvalue weighted by Crippen LogP contribution is -2.28. The van der Waals surface area contributed by atoms with E-state index in [-0.39, 0.29) is 12.2 Å². The van der Waals surface area contributed by atoms with Gasteiger partial charge in [0, 0.05) is 18.9 Å². The molecule has 0 aromatic carbocycles. The van der Waals surface area contributed by atoms with Crippen LogP contribution in [-0.2, 0) is 0 Å². The molecule has 0 fully saturated rings. The third-order valence-electron chi connectivity index (χ3n) is 1.76. The average molecular weight is 252 g/mol. The summed E-state index contributed by atoms with van der Waals surface area (Å²) in [5.74, 6) is -7.39. The minimum absolute atomic E-state index is 0.158. The molecule has 0 amide bonds. The normalized spacial score (nSPS) is 14.8. The van der Waals surface area contributed by atoms with Gasteiger partial charge in [0.15, 0.2) is 0 Å². The van der Waals surface area contributed by atoms with Gasteiger partial charge in [0.2, 0.25) is 0 Å². The molecule has 0 aliphatic rings. The fourth-order valence-corrected chi connectivity index (χ4v) is 0.941. The Morgan fingerprint density at radius 2 is 1.38 bits per heavy atom. The molecule has 0 nitrogen and oxygen atoms in total. The second kappa shape index (κ2) is 5.05. The molecule has 0 N–H and O–H groups in total. The molecule has 0 aromatic rings. The molecule has 16 heavy (non-hydrogen) atoms. The van der Waals surface area contributed by atoms with Crippen molar-refractivity contribution in [1.82, 2.24) is 0 Å². The van der Waals surface area contributed by atoms with E-state index < -0.39 is 37.3 Å². The maximum atomic E-state index is 12.8. The Kier molecular flexibility index (Phi) is 4.82. The highest BCUT2D eigenvalue weighted by Gasteiger charge is 2.41. The number of rotatable bonds is 5. The van der Waals surface area contributed by atoms with E-state index in [1.807, 2.05) is 0 Å². The van der Waals surface area contributed by atoms with Crippen LogP contribution in [0.15, 0.2) is 12.2 Å². The Balaban J connectivity index is 4.31. The fourth-order valence-electron chi connectivity index (χ4n) is 0.941. The van der Waals surface area contributed by atoms with E-state index >= 15 is 0 Å². The van der Waals surface area contributed by atoms with Crippen LogP contribution in [0.25, 0.3) is 0 Å². The van der Waals surface area contributed by atoms with Crippen LogP contribution < -0.4 is 0 Å². The summed E-state index contributed by atoms with van der Waals surface area (Å²) in [6.07, 6.45) is -8.79. The van der Waals surface area contributed by atoms with Gasteiger partial charge >= 0.3 is 6.18 Å². The lowest BCUT2D eigenvalue weighted by atomic mass is 10.0. The summed E-state index contributed by atoms with van der Waals surface area (Å²) in [5, 5.41) is 0. The van der Waals surface area contributed by atoms with Crippen molar-refractivity contribution >= 4 is 0 Å². The monoisotopic (exact) mass is 252 g/mol. The van der Waals surface area contributed by atoms with E-state index in [4.69, 9.17) is 0 Å². The van der Waals surface area contributed by atoms with Crippen LogP contribution in [0.5, 0.6) is 0 Å². The molecule has 7 heteroatoms. The predicted octanol–water partition coefficient (Wildman–Crippen LogP) is 4.57. The Labute approximate surface area is 88.1 Å². The van der Waals surface area contributed by atoms with Crippen LogP contribution in [0.4, 0.5) is 30.7 Å². The second-order valence-corrected chi connectivity index (χ2v) is 3.39. The molecule has 0 spiro atoms. The van der Waals surface area contributed by atoms with Crippen LogP contribution in [0.3, 0.4) is 0 Å². The smallest absolute Gasteiger partial charge is 0.207 e. The summed E-state index contributed by atoms with van der Waals surface area (Å²) in [6, 6.07) is 0. The predicted molar refractivity (Wildman–Crippen MR) is 44.6 cm³/mol. The first-order valence-corrected chi connectivity index (χ1v) is 4.47. The van der Waals surface area contributed by atoms with Crippen LogP contribution in [0, 0.1) is 0 Å². The first kappa shape index (κ1) is 15.2. The summed E-state index contributed by atoms with van der Waals surface area (Å²) in [5.41, 5.74) is 0. The number of allylic oxidation sites excluding steroid dienone is 2. The maximum absolute atomic E-state index is 12.8. The zero-order valence-electron chi connectivity index (χ0n) is 8.42. The Morgan fingerprint density at radius 3 is 1.75 bits per heavy atom. The molecule has 0 bridgehead atoms. The van der Waals surface area contributed by atoms with Gasteiger partial charge in [-0.25, -0.2) is 17.6 Å². The highest BCUT2D eigenvalue weighted by atomic mass is 19.4. The highest BCUT2D eigenvalue weighted by molar-refractivity contribution is 4.93. The van der Waals surface area contributed by atoms with Crippen LogP contribution >= 0.6 is 0 Å². The molecule has 0 aliphatic carbocycles. The molecule has 96 valence electrons. The summed E-state index contributed by atoms with van der Waals surface area (Å²) in [4.78, 5) is 0. The van der Waals surface area contributed by atoms with Gasteiger partial charge in [-0.05, 0) is 0 Å². The first-order chi connectivity index (χ1) is 6.97. The minimum atomic E-state index is -4.71. The van der Waals surface area contributed by atoms with Gasteiger partial charge < -0.3 is 0 Å². The summed E-state index contributed by atoms with van der Waals surface area (Å²) < 4.78 is 85.4. The van der Waals surface area contributed by atoms with Crippen molar-refractivity contribution in [3.63, 3.8) is 0 Å².